The Bertz CT molecular complexity index is 1700. The minimum Gasteiger partial charge on any atom is -0.352 e. The Balaban J connectivity index is 1.36. The quantitative estimate of drug-likeness (QED) is 0.398. The number of amides is 1. The summed E-state index contributed by atoms with van der Waals surface area (Å²) in [5.41, 5.74) is 1.10. The third-order valence-corrected chi connectivity index (χ3v) is 8.50. The summed E-state index contributed by atoms with van der Waals surface area (Å²) in [6, 6.07) is 18.0. The summed E-state index contributed by atoms with van der Waals surface area (Å²) in [5.74, 6) is -0.591. The molecule has 2 aliphatic carbocycles. The Morgan fingerprint density at radius 1 is 0.975 bits per heavy atom. The SMILES string of the molecule is CN(C)C1(C(=O)N[C@H]2CC[C@@H](n3c(=O)c4cc(F)cnc4n(-c4cccc(-c5ccccc5)c4)c3=O)CC2)CC1. The van der Waals surface area contributed by atoms with Crippen molar-refractivity contribution in [3.8, 4) is 16.8 Å². The van der Waals surface area contributed by atoms with Gasteiger partial charge in [0, 0.05) is 12.1 Å². The molecule has 0 aliphatic heterocycles. The molecule has 2 aliphatic rings. The third-order valence-electron chi connectivity index (χ3n) is 8.50. The van der Waals surface area contributed by atoms with Gasteiger partial charge in [0.2, 0.25) is 5.91 Å². The molecule has 0 bridgehead atoms. The number of nitrogens with zero attached hydrogens (tertiary/aromatic N) is 4. The van der Waals surface area contributed by atoms with E-state index in [1.54, 1.807) is 6.07 Å². The van der Waals surface area contributed by atoms with Gasteiger partial charge >= 0.3 is 5.69 Å². The summed E-state index contributed by atoms with van der Waals surface area (Å²) >= 11 is 0. The van der Waals surface area contributed by atoms with Crippen LogP contribution in [0.5, 0.6) is 0 Å². The minimum atomic E-state index is -0.638. The fourth-order valence-corrected chi connectivity index (χ4v) is 5.99. The molecule has 1 N–H and O–H groups in total. The van der Waals surface area contributed by atoms with E-state index in [1.807, 2.05) is 67.5 Å². The van der Waals surface area contributed by atoms with Crippen LogP contribution in [0.25, 0.3) is 27.8 Å². The van der Waals surface area contributed by atoms with E-state index in [-0.39, 0.29) is 29.0 Å². The van der Waals surface area contributed by atoms with Crippen molar-refractivity contribution in [1.29, 1.82) is 0 Å². The summed E-state index contributed by atoms with van der Waals surface area (Å²) in [6.07, 6.45) is 5.12. The van der Waals surface area contributed by atoms with E-state index in [1.165, 1.54) is 9.13 Å². The van der Waals surface area contributed by atoms with Crippen molar-refractivity contribution in [3.63, 3.8) is 0 Å². The van der Waals surface area contributed by atoms with Crippen LogP contribution in [0.15, 0.2) is 76.4 Å². The Labute approximate surface area is 231 Å². The Morgan fingerprint density at radius 2 is 1.68 bits per heavy atom. The second-order valence-electron chi connectivity index (χ2n) is 11.1. The second-order valence-corrected chi connectivity index (χ2v) is 11.1. The number of pyridine rings is 1. The molecule has 206 valence electrons. The number of hydrogen-bond donors (Lipinski definition) is 1. The molecule has 6 rings (SSSR count). The van der Waals surface area contributed by atoms with Gasteiger partial charge < -0.3 is 5.32 Å². The first kappa shape index (κ1) is 26.1. The molecule has 0 spiro atoms. The van der Waals surface area contributed by atoms with E-state index >= 15 is 0 Å². The maximum absolute atomic E-state index is 14.3. The van der Waals surface area contributed by atoms with Gasteiger partial charge in [0.15, 0.2) is 5.65 Å². The lowest BCUT2D eigenvalue weighted by Gasteiger charge is -2.32. The topological polar surface area (TPSA) is 89.2 Å². The van der Waals surface area contributed by atoms with Crippen molar-refractivity contribution in [2.45, 2.75) is 56.1 Å². The molecule has 0 unspecified atom stereocenters. The van der Waals surface area contributed by atoms with E-state index in [4.69, 9.17) is 0 Å². The summed E-state index contributed by atoms with van der Waals surface area (Å²) in [7, 11) is 3.85. The predicted molar refractivity (Wildman–Crippen MR) is 152 cm³/mol. The van der Waals surface area contributed by atoms with Gasteiger partial charge in [-0.2, -0.15) is 0 Å². The van der Waals surface area contributed by atoms with Gasteiger partial charge in [0.25, 0.3) is 5.56 Å². The molecular weight excluding hydrogens is 509 g/mol. The number of nitrogens with one attached hydrogen (secondary N) is 1. The van der Waals surface area contributed by atoms with E-state index in [2.05, 4.69) is 10.3 Å². The van der Waals surface area contributed by atoms with Crippen molar-refractivity contribution in [2.75, 3.05) is 14.1 Å². The number of fused-ring (bicyclic) bond motifs is 1. The molecule has 0 radical (unpaired) electrons. The molecule has 2 saturated carbocycles. The van der Waals surface area contributed by atoms with Gasteiger partial charge in [-0.05, 0) is 81.9 Å². The van der Waals surface area contributed by atoms with Crippen LogP contribution >= 0.6 is 0 Å². The number of halogens is 1. The molecule has 2 aromatic heterocycles. The molecule has 2 aromatic carbocycles. The molecular formula is C31H32FN5O3. The number of aromatic nitrogens is 3. The zero-order valence-corrected chi connectivity index (χ0v) is 22.6. The summed E-state index contributed by atoms with van der Waals surface area (Å²) < 4.78 is 17.0. The summed E-state index contributed by atoms with van der Waals surface area (Å²) in [5, 5.41) is 3.25. The second kappa shape index (κ2) is 10.1. The maximum Gasteiger partial charge on any atom is 0.337 e. The fourth-order valence-electron chi connectivity index (χ4n) is 5.99. The first-order valence-corrected chi connectivity index (χ1v) is 13.8. The summed E-state index contributed by atoms with van der Waals surface area (Å²) in [6.45, 7) is 0. The summed E-state index contributed by atoms with van der Waals surface area (Å²) in [4.78, 5) is 46.7. The first-order valence-electron chi connectivity index (χ1n) is 13.8. The monoisotopic (exact) mass is 541 g/mol. The van der Waals surface area contributed by atoms with E-state index in [0.29, 0.717) is 31.4 Å². The van der Waals surface area contributed by atoms with Gasteiger partial charge in [0.05, 0.1) is 22.8 Å². The van der Waals surface area contributed by atoms with E-state index in [9.17, 15) is 18.8 Å². The number of rotatable bonds is 6. The lowest BCUT2D eigenvalue weighted by Crippen LogP contribution is -2.50. The number of carbonyl (C=O) groups excluding carboxylic acids is 1. The van der Waals surface area contributed by atoms with Crippen LogP contribution in [-0.4, -0.2) is 50.6 Å². The van der Waals surface area contributed by atoms with Gasteiger partial charge in [0.1, 0.15) is 5.82 Å². The first-order chi connectivity index (χ1) is 19.3. The molecule has 2 fully saturated rings. The highest BCUT2D eigenvalue weighted by atomic mass is 19.1. The van der Waals surface area contributed by atoms with Crippen LogP contribution in [0.2, 0.25) is 0 Å². The average Bonchev–Trinajstić information content (AvgIpc) is 3.78. The van der Waals surface area contributed by atoms with E-state index < -0.39 is 22.6 Å². The van der Waals surface area contributed by atoms with Crippen molar-refractivity contribution in [2.24, 2.45) is 0 Å². The lowest BCUT2D eigenvalue weighted by molar-refractivity contribution is -0.128. The lowest BCUT2D eigenvalue weighted by atomic mass is 9.90. The smallest absolute Gasteiger partial charge is 0.337 e. The molecule has 1 amide bonds. The third kappa shape index (κ3) is 4.54. The zero-order valence-electron chi connectivity index (χ0n) is 22.6. The van der Waals surface area contributed by atoms with E-state index in [0.717, 1.165) is 36.2 Å². The van der Waals surface area contributed by atoms with Gasteiger partial charge in [-0.15, -0.1) is 0 Å². The van der Waals surface area contributed by atoms with Crippen LogP contribution in [0, 0.1) is 5.82 Å². The van der Waals surface area contributed by atoms with Crippen LogP contribution < -0.4 is 16.6 Å². The number of likely N-dealkylation sites (N-methyl/N-ethyl adjacent to an activating group) is 1. The van der Waals surface area contributed by atoms with Gasteiger partial charge in [-0.1, -0.05) is 42.5 Å². The maximum atomic E-state index is 14.3. The molecule has 2 heterocycles. The Hall–Kier alpha value is -4.11. The van der Waals surface area contributed by atoms with Crippen molar-refractivity contribution in [3.05, 3.63) is 93.5 Å². The minimum absolute atomic E-state index is 0.0128. The normalized spacial score (nSPS) is 20.0. The molecule has 8 nitrogen and oxygen atoms in total. The van der Waals surface area contributed by atoms with Crippen molar-refractivity contribution in [1.82, 2.24) is 24.3 Å². The number of hydrogen-bond acceptors (Lipinski definition) is 5. The van der Waals surface area contributed by atoms with Crippen LogP contribution in [0.1, 0.15) is 44.6 Å². The number of carbonyl (C=O) groups is 1. The Kier molecular flexibility index (Phi) is 6.62. The highest BCUT2D eigenvalue weighted by Crippen LogP contribution is 2.40. The molecule has 0 saturated heterocycles. The predicted octanol–water partition coefficient (Wildman–Crippen LogP) is 4.05. The molecule has 40 heavy (non-hydrogen) atoms. The van der Waals surface area contributed by atoms with Crippen LogP contribution in [-0.2, 0) is 4.79 Å². The van der Waals surface area contributed by atoms with Gasteiger partial charge in [-0.3, -0.25) is 19.1 Å². The largest absolute Gasteiger partial charge is 0.352 e. The van der Waals surface area contributed by atoms with Crippen LogP contribution in [0.4, 0.5) is 4.39 Å². The Morgan fingerprint density at radius 3 is 2.35 bits per heavy atom. The number of benzene rings is 2. The van der Waals surface area contributed by atoms with Crippen LogP contribution in [0.3, 0.4) is 0 Å². The molecule has 9 heteroatoms. The zero-order chi connectivity index (χ0) is 28.0. The molecule has 0 atom stereocenters. The standard InChI is InChI=1S/C31H32FN5O3/c1-35(2)31(15-16-31)29(39)34-23-11-13-24(14-12-23)37-28(38)26-18-22(32)19-33-27(26)36(30(37)40)25-10-6-9-21(17-25)20-7-4-3-5-8-20/h3-10,17-19,23-24H,11-16H2,1-2H3,(H,34,39)/t23-,24+. The highest BCUT2D eigenvalue weighted by molar-refractivity contribution is 5.89. The average molecular weight is 542 g/mol. The molecule has 4 aromatic rings. The van der Waals surface area contributed by atoms with Crippen molar-refractivity contribution < 1.29 is 9.18 Å². The fraction of sp³-hybridized carbons (Fsp3) is 0.355. The van der Waals surface area contributed by atoms with Crippen molar-refractivity contribution >= 4 is 16.9 Å². The van der Waals surface area contributed by atoms with Gasteiger partial charge in [-0.25, -0.2) is 18.7 Å². The highest BCUT2D eigenvalue weighted by Gasteiger charge is 2.52.